The maximum absolute atomic E-state index is 13.4. The zero-order valence-electron chi connectivity index (χ0n) is 8.43. The van der Waals surface area contributed by atoms with E-state index in [4.69, 9.17) is 4.74 Å². The Hall–Kier alpha value is -1.09. The molecule has 2 nitrogen and oxygen atoms in total. The topological polar surface area (TPSA) is 21.3 Å². The van der Waals surface area contributed by atoms with Crippen molar-refractivity contribution in [2.75, 3.05) is 13.7 Å². The van der Waals surface area contributed by atoms with Crippen LogP contribution in [0.15, 0.2) is 18.2 Å². The highest BCUT2D eigenvalue weighted by atomic mass is 19.1. The van der Waals surface area contributed by atoms with Crippen LogP contribution in [0.3, 0.4) is 0 Å². The first kappa shape index (κ1) is 9.46. The van der Waals surface area contributed by atoms with Crippen molar-refractivity contribution in [3.63, 3.8) is 0 Å². The summed E-state index contributed by atoms with van der Waals surface area (Å²) in [6.45, 7) is 2.62. The second-order valence-electron chi connectivity index (χ2n) is 3.80. The second-order valence-corrected chi connectivity index (χ2v) is 3.80. The molecule has 1 aromatic rings. The number of rotatable bonds is 1. The van der Waals surface area contributed by atoms with Crippen LogP contribution >= 0.6 is 0 Å². The van der Waals surface area contributed by atoms with Gasteiger partial charge in [0.05, 0.1) is 6.61 Å². The Bertz CT molecular complexity index is 353. The Balaban J connectivity index is 2.55. The fraction of sp³-hybridized carbons (Fsp3) is 0.455. The molecule has 0 radical (unpaired) electrons. The average molecular weight is 195 g/mol. The molecule has 14 heavy (non-hydrogen) atoms. The molecule has 1 aromatic carbocycles. The summed E-state index contributed by atoms with van der Waals surface area (Å²) in [6, 6.07) is 5.06. The van der Waals surface area contributed by atoms with E-state index in [1.54, 1.807) is 6.07 Å². The molecule has 0 amide bonds. The van der Waals surface area contributed by atoms with Gasteiger partial charge < -0.3 is 10.1 Å². The van der Waals surface area contributed by atoms with Gasteiger partial charge in [0, 0.05) is 17.5 Å². The van der Waals surface area contributed by atoms with Crippen molar-refractivity contribution < 1.29 is 9.13 Å². The molecule has 3 heteroatoms. The number of ether oxygens (including phenoxy) is 1. The van der Waals surface area contributed by atoms with Crippen LogP contribution in [0.4, 0.5) is 4.39 Å². The minimum absolute atomic E-state index is 0.171. The summed E-state index contributed by atoms with van der Waals surface area (Å²) in [5, 5.41) is 3.22. The second kappa shape index (κ2) is 3.24. The minimum Gasteiger partial charge on any atom is -0.490 e. The highest BCUT2D eigenvalue weighted by Crippen LogP contribution is 2.37. The van der Waals surface area contributed by atoms with Gasteiger partial charge in [0.1, 0.15) is 0 Å². The third kappa shape index (κ3) is 1.28. The van der Waals surface area contributed by atoms with Gasteiger partial charge in [0.2, 0.25) is 0 Å². The van der Waals surface area contributed by atoms with Gasteiger partial charge in [0.15, 0.2) is 11.6 Å². The van der Waals surface area contributed by atoms with Gasteiger partial charge in [-0.15, -0.1) is 0 Å². The standard InChI is InChI=1S/C11H14FNO/c1-11(13-2)6-7-14-10-8(11)4-3-5-9(10)12/h3-5,13H,6-7H2,1-2H3. The molecule has 0 aromatic heterocycles. The number of benzene rings is 1. The van der Waals surface area contributed by atoms with Gasteiger partial charge in [-0.2, -0.15) is 0 Å². The summed E-state index contributed by atoms with van der Waals surface area (Å²) in [6.07, 6.45) is 0.861. The summed E-state index contributed by atoms with van der Waals surface area (Å²) in [5.74, 6) is 0.124. The summed E-state index contributed by atoms with van der Waals surface area (Å²) < 4.78 is 18.7. The zero-order chi connectivity index (χ0) is 10.2. The van der Waals surface area contributed by atoms with Gasteiger partial charge in [-0.1, -0.05) is 12.1 Å². The first-order chi connectivity index (χ1) is 6.67. The van der Waals surface area contributed by atoms with Crippen LogP contribution in [0.1, 0.15) is 18.9 Å². The molecule has 1 N–H and O–H groups in total. The zero-order valence-corrected chi connectivity index (χ0v) is 8.43. The van der Waals surface area contributed by atoms with Crippen molar-refractivity contribution in [3.8, 4) is 5.75 Å². The maximum atomic E-state index is 13.4. The van der Waals surface area contributed by atoms with E-state index in [9.17, 15) is 4.39 Å². The van der Waals surface area contributed by atoms with Crippen molar-refractivity contribution >= 4 is 0 Å². The first-order valence-corrected chi connectivity index (χ1v) is 4.78. The van der Waals surface area contributed by atoms with Gasteiger partial charge in [0.25, 0.3) is 0 Å². The Labute approximate surface area is 83.1 Å². The van der Waals surface area contributed by atoms with Crippen molar-refractivity contribution in [1.82, 2.24) is 5.32 Å². The lowest BCUT2D eigenvalue weighted by atomic mass is 9.86. The van der Waals surface area contributed by atoms with E-state index in [1.807, 2.05) is 13.1 Å². The maximum Gasteiger partial charge on any atom is 0.165 e. The van der Waals surface area contributed by atoms with Crippen LogP contribution in [0.2, 0.25) is 0 Å². The molecule has 0 spiro atoms. The molecule has 0 saturated carbocycles. The molecular weight excluding hydrogens is 181 g/mol. The van der Waals surface area contributed by atoms with Crippen LogP contribution in [0.5, 0.6) is 5.75 Å². The Morgan fingerprint density at radius 1 is 1.50 bits per heavy atom. The highest BCUT2D eigenvalue weighted by molar-refractivity contribution is 5.41. The third-order valence-corrected chi connectivity index (χ3v) is 2.96. The van der Waals surface area contributed by atoms with Gasteiger partial charge in [-0.3, -0.25) is 0 Å². The molecule has 1 aliphatic heterocycles. The third-order valence-electron chi connectivity index (χ3n) is 2.96. The molecular formula is C11H14FNO. The predicted molar refractivity (Wildman–Crippen MR) is 52.9 cm³/mol. The normalized spacial score (nSPS) is 25.4. The van der Waals surface area contributed by atoms with Crippen LogP contribution < -0.4 is 10.1 Å². The molecule has 76 valence electrons. The van der Waals surface area contributed by atoms with E-state index in [-0.39, 0.29) is 11.4 Å². The fourth-order valence-electron chi connectivity index (χ4n) is 1.84. The van der Waals surface area contributed by atoms with Crippen LogP contribution in [-0.2, 0) is 5.54 Å². The number of fused-ring (bicyclic) bond motifs is 1. The summed E-state index contributed by atoms with van der Waals surface area (Å²) in [7, 11) is 1.89. The van der Waals surface area contributed by atoms with E-state index < -0.39 is 0 Å². The lowest BCUT2D eigenvalue weighted by Gasteiger charge is -2.35. The van der Waals surface area contributed by atoms with Gasteiger partial charge in [-0.25, -0.2) is 4.39 Å². The summed E-state index contributed by atoms with van der Waals surface area (Å²) >= 11 is 0. The van der Waals surface area contributed by atoms with E-state index in [2.05, 4.69) is 12.2 Å². The van der Waals surface area contributed by atoms with Crippen LogP contribution in [0, 0.1) is 5.82 Å². The average Bonchev–Trinajstić information content (AvgIpc) is 2.20. The van der Waals surface area contributed by atoms with E-state index in [1.165, 1.54) is 6.07 Å². The fourth-order valence-corrected chi connectivity index (χ4v) is 1.84. The van der Waals surface area contributed by atoms with E-state index in [0.717, 1.165) is 12.0 Å². The number of hydrogen-bond donors (Lipinski definition) is 1. The molecule has 0 fully saturated rings. The SMILES string of the molecule is CNC1(C)CCOc2c(F)cccc21. The van der Waals surface area contributed by atoms with Gasteiger partial charge in [-0.05, 0) is 20.0 Å². The quantitative estimate of drug-likeness (QED) is 0.740. The Kier molecular flexibility index (Phi) is 2.19. The minimum atomic E-state index is -0.274. The van der Waals surface area contributed by atoms with Crippen molar-refractivity contribution in [1.29, 1.82) is 0 Å². The number of hydrogen-bond acceptors (Lipinski definition) is 2. The van der Waals surface area contributed by atoms with Crippen LogP contribution in [-0.4, -0.2) is 13.7 Å². The molecule has 1 aliphatic rings. The smallest absolute Gasteiger partial charge is 0.165 e. The molecule has 0 aliphatic carbocycles. The van der Waals surface area contributed by atoms with E-state index >= 15 is 0 Å². The number of halogens is 1. The molecule has 0 bridgehead atoms. The predicted octanol–water partition coefficient (Wildman–Crippen LogP) is 2.04. The number of para-hydroxylation sites is 1. The van der Waals surface area contributed by atoms with E-state index in [0.29, 0.717) is 12.4 Å². The Morgan fingerprint density at radius 3 is 3.00 bits per heavy atom. The molecule has 1 heterocycles. The summed E-state index contributed by atoms with van der Waals surface area (Å²) in [5.41, 5.74) is 0.738. The highest BCUT2D eigenvalue weighted by Gasteiger charge is 2.32. The molecule has 2 rings (SSSR count). The van der Waals surface area contributed by atoms with Gasteiger partial charge >= 0.3 is 0 Å². The van der Waals surface area contributed by atoms with Crippen molar-refractivity contribution in [3.05, 3.63) is 29.6 Å². The van der Waals surface area contributed by atoms with Crippen molar-refractivity contribution in [2.45, 2.75) is 18.9 Å². The van der Waals surface area contributed by atoms with Crippen LogP contribution in [0.25, 0.3) is 0 Å². The Morgan fingerprint density at radius 2 is 2.29 bits per heavy atom. The largest absolute Gasteiger partial charge is 0.490 e. The summed E-state index contributed by atoms with van der Waals surface area (Å²) in [4.78, 5) is 0. The molecule has 1 unspecified atom stereocenters. The lowest BCUT2D eigenvalue weighted by molar-refractivity contribution is 0.196. The molecule has 0 saturated heterocycles. The molecule has 1 atom stereocenters. The first-order valence-electron chi connectivity index (χ1n) is 4.78. The number of nitrogens with one attached hydrogen (secondary N) is 1. The lowest BCUT2D eigenvalue weighted by Crippen LogP contribution is -2.41. The van der Waals surface area contributed by atoms with Crippen molar-refractivity contribution in [2.24, 2.45) is 0 Å². The monoisotopic (exact) mass is 195 g/mol.